The van der Waals surface area contributed by atoms with Crippen LogP contribution in [-0.4, -0.2) is 36.2 Å². The van der Waals surface area contributed by atoms with Crippen molar-refractivity contribution in [3.05, 3.63) is 59.4 Å². The first-order valence-corrected chi connectivity index (χ1v) is 9.71. The van der Waals surface area contributed by atoms with Gasteiger partial charge in [-0.2, -0.15) is 0 Å². The van der Waals surface area contributed by atoms with E-state index in [2.05, 4.69) is 47.2 Å². The normalized spacial score (nSPS) is 14.4. The number of thiocarbonyl (C=S) groups is 1. The maximum absolute atomic E-state index is 14.0. The molecule has 3 nitrogen and oxygen atoms in total. The molecule has 26 heavy (non-hydrogen) atoms. The Labute approximate surface area is 160 Å². The van der Waals surface area contributed by atoms with Gasteiger partial charge in [0, 0.05) is 31.9 Å². The fraction of sp³-hybridized carbons (Fsp3) is 0.381. The van der Waals surface area contributed by atoms with Crippen LogP contribution in [0.4, 0.5) is 15.8 Å². The maximum atomic E-state index is 14.0. The first-order valence-electron chi connectivity index (χ1n) is 9.30. The molecule has 0 aromatic heterocycles. The van der Waals surface area contributed by atoms with Gasteiger partial charge in [-0.1, -0.05) is 44.2 Å². The van der Waals surface area contributed by atoms with Crippen LogP contribution in [-0.2, 0) is 12.8 Å². The summed E-state index contributed by atoms with van der Waals surface area (Å²) < 4.78 is 14.0. The van der Waals surface area contributed by atoms with Gasteiger partial charge >= 0.3 is 0 Å². The Bertz CT molecular complexity index is 747. The van der Waals surface area contributed by atoms with Crippen LogP contribution in [0.5, 0.6) is 0 Å². The number of piperazine rings is 1. The summed E-state index contributed by atoms with van der Waals surface area (Å²) in [6.45, 7) is 7.43. The molecule has 0 spiro atoms. The largest absolute Gasteiger partial charge is 0.366 e. The molecule has 3 rings (SSSR count). The van der Waals surface area contributed by atoms with Crippen molar-refractivity contribution in [3.8, 4) is 0 Å². The molecular formula is C21H26FN3S. The second kappa shape index (κ2) is 8.49. The number of hydrogen-bond donors (Lipinski definition) is 1. The van der Waals surface area contributed by atoms with Crippen molar-refractivity contribution in [2.24, 2.45) is 0 Å². The fourth-order valence-corrected chi connectivity index (χ4v) is 3.73. The predicted octanol–water partition coefficient (Wildman–Crippen LogP) is 4.47. The Kier molecular flexibility index (Phi) is 6.09. The Morgan fingerprint density at radius 1 is 0.962 bits per heavy atom. The van der Waals surface area contributed by atoms with Gasteiger partial charge in [0.2, 0.25) is 0 Å². The minimum Gasteiger partial charge on any atom is -0.366 e. The standard InChI is InChI=1S/C21H26FN3S/c1-3-16-8-7-9-17(4-2)20(16)23-21(26)25-14-12-24(13-15-25)19-11-6-5-10-18(19)22/h5-11H,3-4,12-15H2,1-2H3,(H,23,26). The minimum atomic E-state index is -0.161. The molecule has 0 atom stereocenters. The quantitative estimate of drug-likeness (QED) is 0.799. The van der Waals surface area contributed by atoms with Gasteiger partial charge in [-0.25, -0.2) is 4.39 Å². The van der Waals surface area contributed by atoms with Crippen molar-refractivity contribution < 1.29 is 4.39 Å². The molecule has 2 aromatic carbocycles. The zero-order chi connectivity index (χ0) is 18.5. The highest BCUT2D eigenvalue weighted by molar-refractivity contribution is 7.80. The minimum absolute atomic E-state index is 0.161. The Morgan fingerprint density at radius 3 is 2.15 bits per heavy atom. The molecule has 1 saturated heterocycles. The molecule has 1 fully saturated rings. The van der Waals surface area contributed by atoms with Crippen molar-refractivity contribution in [2.75, 3.05) is 36.4 Å². The number of para-hydroxylation sites is 2. The highest BCUT2D eigenvalue weighted by atomic mass is 32.1. The third-order valence-corrected chi connectivity index (χ3v) is 5.35. The van der Waals surface area contributed by atoms with Gasteiger partial charge in [0.25, 0.3) is 0 Å². The van der Waals surface area contributed by atoms with E-state index in [9.17, 15) is 4.39 Å². The van der Waals surface area contributed by atoms with Crippen molar-refractivity contribution in [3.63, 3.8) is 0 Å². The molecule has 0 aliphatic carbocycles. The summed E-state index contributed by atoms with van der Waals surface area (Å²) in [5, 5.41) is 4.24. The molecule has 1 N–H and O–H groups in total. The van der Waals surface area contributed by atoms with E-state index in [1.165, 1.54) is 17.2 Å². The molecule has 0 amide bonds. The molecule has 138 valence electrons. The molecule has 0 bridgehead atoms. The van der Waals surface area contributed by atoms with Crippen LogP contribution in [0.3, 0.4) is 0 Å². The summed E-state index contributed by atoms with van der Waals surface area (Å²) in [5.41, 5.74) is 4.41. The lowest BCUT2D eigenvalue weighted by Gasteiger charge is -2.37. The van der Waals surface area contributed by atoms with Gasteiger partial charge in [-0.15, -0.1) is 0 Å². The molecular weight excluding hydrogens is 345 g/mol. The third kappa shape index (κ3) is 3.98. The van der Waals surface area contributed by atoms with E-state index in [4.69, 9.17) is 12.2 Å². The number of hydrogen-bond acceptors (Lipinski definition) is 2. The van der Waals surface area contributed by atoms with Crippen LogP contribution < -0.4 is 10.2 Å². The van der Waals surface area contributed by atoms with Gasteiger partial charge in [0.1, 0.15) is 5.82 Å². The lowest BCUT2D eigenvalue weighted by Crippen LogP contribution is -2.50. The number of nitrogens with zero attached hydrogens (tertiary/aromatic N) is 2. The number of aryl methyl sites for hydroxylation is 2. The second-order valence-corrected chi connectivity index (χ2v) is 6.90. The van der Waals surface area contributed by atoms with Crippen molar-refractivity contribution in [1.29, 1.82) is 0 Å². The van der Waals surface area contributed by atoms with Gasteiger partial charge in [-0.05, 0) is 48.3 Å². The van der Waals surface area contributed by atoms with E-state index >= 15 is 0 Å². The van der Waals surface area contributed by atoms with E-state index in [1.807, 2.05) is 12.1 Å². The predicted molar refractivity (Wildman–Crippen MR) is 112 cm³/mol. The number of halogens is 1. The van der Waals surface area contributed by atoms with E-state index in [0.29, 0.717) is 5.69 Å². The van der Waals surface area contributed by atoms with Crippen molar-refractivity contribution >= 4 is 28.7 Å². The second-order valence-electron chi connectivity index (χ2n) is 6.51. The lowest BCUT2D eigenvalue weighted by molar-refractivity contribution is 0.388. The molecule has 0 unspecified atom stereocenters. The number of benzene rings is 2. The smallest absolute Gasteiger partial charge is 0.173 e. The molecule has 1 heterocycles. The summed E-state index contributed by atoms with van der Waals surface area (Å²) in [5.74, 6) is -0.161. The van der Waals surface area contributed by atoms with Crippen LogP contribution in [0.2, 0.25) is 0 Å². The first kappa shape index (κ1) is 18.6. The molecule has 1 aliphatic rings. The molecule has 5 heteroatoms. The summed E-state index contributed by atoms with van der Waals surface area (Å²) in [4.78, 5) is 4.27. The average Bonchev–Trinajstić information content (AvgIpc) is 2.68. The van der Waals surface area contributed by atoms with E-state index in [1.54, 1.807) is 6.07 Å². The van der Waals surface area contributed by atoms with Gasteiger partial charge in [-0.3, -0.25) is 0 Å². The maximum Gasteiger partial charge on any atom is 0.173 e. The van der Waals surface area contributed by atoms with Crippen LogP contribution in [0.15, 0.2) is 42.5 Å². The highest BCUT2D eigenvalue weighted by Crippen LogP contribution is 2.24. The van der Waals surface area contributed by atoms with Gasteiger partial charge < -0.3 is 15.1 Å². The molecule has 2 aromatic rings. The molecule has 0 saturated carbocycles. The van der Waals surface area contributed by atoms with Crippen LogP contribution in [0, 0.1) is 5.82 Å². The van der Waals surface area contributed by atoms with E-state index in [-0.39, 0.29) is 5.82 Å². The van der Waals surface area contributed by atoms with E-state index in [0.717, 1.165) is 49.8 Å². The van der Waals surface area contributed by atoms with Crippen LogP contribution >= 0.6 is 12.2 Å². The fourth-order valence-electron chi connectivity index (χ4n) is 3.45. The molecule has 0 radical (unpaired) electrons. The third-order valence-electron chi connectivity index (χ3n) is 4.99. The Hall–Kier alpha value is -2.14. The summed E-state index contributed by atoms with van der Waals surface area (Å²) in [7, 11) is 0. The van der Waals surface area contributed by atoms with E-state index < -0.39 is 0 Å². The summed E-state index contributed by atoms with van der Waals surface area (Å²) in [6, 6.07) is 13.4. The highest BCUT2D eigenvalue weighted by Gasteiger charge is 2.21. The van der Waals surface area contributed by atoms with Crippen molar-refractivity contribution in [2.45, 2.75) is 26.7 Å². The zero-order valence-corrected chi connectivity index (χ0v) is 16.3. The van der Waals surface area contributed by atoms with Crippen LogP contribution in [0.1, 0.15) is 25.0 Å². The summed E-state index contributed by atoms with van der Waals surface area (Å²) >= 11 is 5.67. The zero-order valence-electron chi connectivity index (χ0n) is 15.5. The average molecular weight is 372 g/mol. The van der Waals surface area contributed by atoms with Crippen molar-refractivity contribution in [1.82, 2.24) is 4.90 Å². The topological polar surface area (TPSA) is 18.5 Å². The Balaban J connectivity index is 1.66. The number of nitrogens with one attached hydrogen (secondary N) is 1. The first-order chi connectivity index (χ1) is 12.6. The monoisotopic (exact) mass is 371 g/mol. The Morgan fingerprint density at radius 2 is 1.58 bits per heavy atom. The van der Waals surface area contributed by atoms with Gasteiger partial charge in [0.15, 0.2) is 5.11 Å². The molecule has 1 aliphatic heterocycles. The van der Waals surface area contributed by atoms with Gasteiger partial charge in [0.05, 0.1) is 5.69 Å². The number of rotatable bonds is 4. The summed E-state index contributed by atoms with van der Waals surface area (Å²) in [6.07, 6.45) is 1.94. The number of anilines is 2. The van der Waals surface area contributed by atoms with Crippen LogP contribution in [0.25, 0.3) is 0 Å². The SMILES string of the molecule is CCc1cccc(CC)c1NC(=S)N1CCN(c2ccccc2F)CC1. The lowest BCUT2D eigenvalue weighted by atomic mass is 10.0.